The molecule has 1 saturated carbocycles. The van der Waals surface area contributed by atoms with Crippen LogP contribution in [0.5, 0.6) is 0 Å². The van der Waals surface area contributed by atoms with Gasteiger partial charge in [-0.15, -0.1) is 0 Å². The lowest BCUT2D eigenvalue weighted by molar-refractivity contribution is 0.0889. The Hall–Kier alpha value is -1.85. The third-order valence-corrected chi connectivity index (χ3v) is 6.60. The van der Waals surface area contributed by atoms with Crippen LogP contribution in [0.4, 0.5) is 5.69 Å². The fourth-order valence-corrected chi connectivity index (χ4v) is 4.94. The minimum absolute atomic E-state index is 0.0976. The first-order chi connectivity index (χ1) is 12.4. The Labute approximate surface area is 159 Å². The van der Waals surface area contributed by atoms with Crippen LogP contribution >= 0.6 is 11.6 Å². The van der Waals surface area contributed by atoms with Crippen LogP contribution < -0.4 is 4.72 Å². The second-order valence-corrected chi connectivity index (χ2v) is 8.88. The average Bonchev–Trinajstić information content (AvgIpc) is 2.64. The van der Waals surface area contributed by atoms with Crippen LogP contribution in [0.25, 0.3) is 0 Å². The Balaban J connectivity index is 1.76. The lowest BCUT2D eigenvalue weighted by Gasteiger charge is -2.20. The molecule has 0 bridgehead atoms. The van der Waals surface area contributed by atoms with Gasteiger partial charge in [-0.3, -0.25) is 9.52 Å². The van der Waals surface area contributed by atoms with Gasteiger partial charge in [0, 0.05) is 22.2 Å². The van der Waals surface area contributed by atoms with E-state index in [9.17, 15) is 13.2 Å². The molecule has 0 spiro atoms. The highest BCUT2D eigenvalue weighted by atomic mass is 35.5. The zero-order valence-corrected chi connectivity index (χ0v) is 16.2. The standard InChI is InChI=1S/C20H22ClNO3S/c1-14-7-10-17(21)13-19(14)26(24,25)22-18-11-8-16(9-12-18)20(23)15-5-3-2-4-6-15/h7-13,15,22H,2-6H2,1H3. The van der Waals surface area contributed by atoms with Crippen LogP contribution in [0.2, 0.25) is 5.02 Å². The summed E-state index contributed by atoms with van der Waals surface area (Å²) in [6, 6.07) is 11.4. The molecular formula is C20H22ClNO3S. The van der Waals surface area contributed by atoms with Crippen LogP contribution in [0, 0.1) is 12.8 Å². The van der Waals surface area contributed by atoms with E-state index < -0.39 is 10.0 Å². The Kier molecular flexibility index (Phi) is 5.68. The molecule has 2 aromatic rings. The molecule has 0 atom stereocenters. The van der Waals surface area contributed by atoms with Gasteiger partial charge < -0.3 is 0 Å². The molecule has 3 rings (SSSR count). The third-order valence-electron chi connectivity index (χ3n) is 4.84. The number of sulfonamides is 1. The van der Waals surface area contributed by atoms with Crippen molar-refractivity contribution in [2.75, 3.05) is 4.72 Å². The molecule has 0 aliphatic heterocycles. The highest BCUT2D eigenvalue weighted by Crippen LogP contribution is 2.28. The number of rotatable bonds is 5. The van der Waals surface area contributed by atoms with Crippen LogP contribution in [-0.4, -0.2) is 14.2 Å². The summed E-state index contributed by atoms with van der Waals surface area (Å²) in [5.74, 6) is 0.255. The summed E-state index contributed by atoms with van der Waals surface area (Å²) in [5.41, 5.74) is 1.68. The second-order valence-electron chi connectivity index (χ2n) is 6.79. The number of Topliss-reactive ketones (excluding diaryl/α,β-unsaturated/α-hetero) is 1. The van der Waals surface area contributed by atoms with E-state index in [-0.39, 0.29) is 16.6 Å². The first-order valence-corrected chi connectivity index (χ1v) is 10.7. The van der Waals surface area contributed by atoms with Crippen molar-refractivity contribution in [1.29, 1.82) is 0 Å². The number of aryl methyl sites for hydroxylation is 1. The number of benzene rings is 2. The minimum atomic E-state index is -3.74. The molecule has 0 heterocycles. The summed E-state index contributed by atoms with van der Waals surface area (Å²) in [6.45, 7) is 1.72. The van der Waals surface area contributed by atoms with Gasteiger partial charge in [0.25, 0.3) is 10.0 Å². The molecule has 1 N–H and O–H groups in total. The molecule has 4 nitrogen and oxygen atoms in total. The molecule has 1 aliphatic rings. The molecule has 1 aliphatic carbocycles. The second kappa shape index (κ2) is 7.80. The SMILES string of the molecule is Cc1ccc(Cl)cc1S(=O)(=O)Nc1ccc(C(=O)C2CCCCC2)cc1. The van der Waals surface area contributed by atoms with E-state index in [1.165, 1.54) is 12.5 Å². The molecule has 0 saturated heterocycles. The topological polar surface area (TPSA) is 63.2 Å². The smallest absolute Gasteiger partial charge is 0.262 e. The number of halogens is 1. The normalized spacial score (nSPS) is 15.6. The number of anilines is 1. The number of hydrogen-bond acceptors (Lipinski definition) is 3. The lowest BCUT2D eigenvalue weighted by atomic mass is 9.84. The average molecular weight is 392 g/mol. The maximum absolute atomic E-state index is 12.6. The monoisotopic (exact) mass is 391 g/mol. The highest BCUT2D eigenvalue weighted by molar-refractivity contribution is 7.92. The van der Waals surface area contributed by atoms with Gasteiger partial charge in [-0.25, -0.2) is 8.42 Å². The first-order valence-electron chi connectivity index (χ1n) is 8.80. The maximum atomic E-state index is 12.6. The summed E-state index contributed by atoms with van der Waals surface area (Å²) in [7, 11) is -3.74. The van der Waals surface area contributed by atoms with E-state index in [4.69, 9.17) is 11.6 Å². The molecule has 0 unspecified atom stereocenters. The Morgan fingerprint density at radius 1 is 1.04 bits per heavy atom. The molecule has 0 radical (unpaired) electrons. The van der Waals surface area contributed by atoms with Crippen molar-refractivity contribution in [3.63, 3.8) is 0 Å². The van der Waals surface area contributed by atoms with Crippen molar-refractivity contribution in [3.8, 4) is 0 Å². The summed E-state index contributed by atoms with van der Waals surface area (Å²) in [5, 5.41) is 0.365. The van der Waals surface area contributed by atoms with Gasteiger partial charge in [-0.2, -0.15) is 0 Å². The number of carbonyl (C=O) groups excluding carboxylic acids is 1. The number of carbonyl (C=O) groups is 1. The Morgan fingerprint density at radius 3 is 2.35 bits per heavy atom. The van der Waals surface area contributed by atoms with Crippen molar-refractivity contribution in [2.24, 2.45) is 5.92 Å². The Bertz CT molecular complexity index is 901. The molecular weight excluding hydrogens is 370 g/mol. The van der Waals surface area contributed by atoms with Crippen LogP contribution in [-0.2, 0) is 10.0 Å². The third kappa shape index (κ3) is 4.27. The largest absolute Gasteiger partial charge is 0.294 e. The van der Waals surface area contributed by atoms with Gasteiger partial charge in [-0.1, -0.05) is 36.9 Å². The van der Waals surface area contributed by atoms with Crippen molar-refractivity contribution >= 4 is 33.1 Å². The molecule has 6 heteroatoms. The fourth-order valence-electron chi connectivity index (χ4n) is 3.38. The number of hydrogen-bond donors (Lipinski definition) is 1. The van der Waals surface area contributed by atoms with Crippen molar-refractivity contribution in [1.82, 2.24) is 0 Å². The minimum Gasteiger partial charge on any atom is -0.294 e. The summed E-state index contributed by atoms with van der Waals surface area (Å²) >= 11 is 5.93. The van der Waals surface area contributed by atoms with Crippen molar-refractivity contribution in [2.45, 2.75) is 43.9 Å². The van der Waals surface area contributed by atoms with E-state index in [1.54, 1.807) is 43.3 Å². The molecule has 1 fully saturated rings. The maximum Gasteiger partial charge on any atom is 0.262 e. The first kappa shape index (κ1) is 18.9. The van der Waals surface area contributed by atoms with E-state index in [0.29, 0.717) is 21.8 Å². The Morgan fingerprint density at radius 2 is 1.69 bits per heavy atom. The summed E-state index contributed by atoms with van der Waals surface area (Å²) in [6.07, 6.45) is 5.30. The predicted molar refractivity (Wildman–Crippen MR) is 104 cm³/mol. The quantitative estimate of drug-likeness (QED) is 0.711. The van der Waals surface area contributed by atoms with Gasteiger partial charge in [0.1, 0.15) is 0 Å². The van der Waals surface area contributed by atoms with Gasteiger partial charge in [0.05, 0.1) is 4.90 Å². The molecule has 138 valence electrons. The van der Waals surface area contributed by atoms with Crippen molar-refractivity contribution in [3.05, 3.63) is 58.6 Å². The number of ketones is 1. The van der Waals surface area contributed by atoms with Gasteiger partial charge in [-0.05, 0) is 61.7 Å². The van der Waals surface area contributed by atoms with Gasteiger partial charge in [0.2, 0.25) is 0 Å². The summed E-state index contributed by atoms with van der Waals surface area (Å²) in [4.78, 5) is 12.7. The van der Waals surface area contributed by atoms with E-state index in [2.05, 4.69) is 4.72 Å². The van der Waals surface area contributed by atoms with E-state index in [0.717, 1.165) is 25.7 Å². The highest BCUT2D eigenvalue weighted by Gasteiger charge is 2.22. The molecule has 26 heavy (non-hydrogen) atoms. The van der Waals surface area contributed by atoms with Gasteiger partial charge in [0.15, 0.2) is 5.78 Å². The predicted octanol–water partition coefficient (Wildman–Crippen LogP) is 5.21. The zero-order chi connectivity index (χ0) is 18.7. The van der Waals surface area contributed by atoms with Crippen LogP contribution in [0.15, 0.2) is 47.4 Å². The number of nitrogens with one attached hydrogen (secondary N) is 1. The van der Waals surface area contributed by atoms with E-state index >= 15 is 0 Å². The van der Waals surface area contributed by atoms with Gasteiger partial charge >= 0.3 is 0 Å². The van der Waals surface area contributed by atoms with E-state index in [1.807, 2.05) is 0 Å². The molecule has 2 aromatic carbocycles. The zero-order valence-electron chi connectivity index (χ0n) is 14.7. The van der Waals surface area contributed by atoms with Crippen LogP contribution in [0.3, 0.4) is 0 Å². The fraction of sp³-hybridized carbons (Fsp3) is 0.350. The van der Waals surface area contributed by atoms with Crippen LogP contribution in [0.1, 0.15) is 48.0 Å². The lowest BCUT2D eigenvalue weighted by Crippen LogP contribution is -2.18. The summed E-state index contributed by atoms with van der Waals surface area (Å²) < 4.78 is 27.8. The molecule has 0 aromatic heterocycles. The molecule has 0 amide bonds. The van der Waals surface area contributed by atoms with Crippen molar-refractivity contribution < 1.29 is 13.2 Å².